The minimum atomic E-state index is -3.42. The number of aryl methyl sites for hydroxylation is 1. The Balaban J connectivity index is 1.91. The molecule has 26 heavy (non-hydrogen) atoms. The summed E-state index contributed by atoms with van der Waals surface area (Å²) >= 11 is 0. The van der Waals surface area contributed by atoms with Gasteiger partial charge in [0.1, 0.15) is 5.82 Å². The zero-order valence-electron chi connectivity index (χ0n) is 14.9. The van der Waals surface area contributed by atoms with Crippen molar-refractivity contribution in [2.24, 2.45) is 0 Å². The topological polar surface area (TPSA) is 66.5 Å². The maximum absolute atomic E-state index is 13.6. The van der Waals surface area contributed by atoms with Crippen molar-refractivity contribution in [3.63, 3.8) is 0 Å². The SMILES string of the molecule is Cc1cccc(CN(CCNC(=O)Cc2ccccc2F)S(C)(=O)=O)c1. The van der Waals surface area contributed by atoms with E-state index in [2.05, 4.69) is 5.32 Å². The highest BCUT2D eigenvalue weighted by atomic mass is 32.2. The molecule has 0 aliphatic carbocycles. The Labute approximate surface area is 153 Å². The third-order valence-electron chi connectivity index (χ3n) is 3.90. The van der Waals surface area contributed by atoms with Gasteiger partial charge in [0.05, 0.1) is 12.7 Å². The maximum Gasteiger partial charge on any atom is 0.224 e. The van der Waals surface area contributed by atoms with Crippen LogP contribution < -0.4 is 5.32 Å². The second-order valence-corrected chi connectivity index (χ2v) is 8.19. The molecule has 2 rings (SSSR count). The van der Waals surface area contributed by atoms with Crippen LogP contribution in [0.3, 0.4) is 0 Å². The van der Waals surface area contributed by atoms with E-state index in [9.17, 15) is 17.6 Å². The van der Waals surface area contributed by atoms with E-state index in [1.165, 1.54) is 10.4 Å². The van der Waals surface area contributed by atoms with Crippen LogP contribution in [0.25, 0.3) is 0 Å². The molecule has 7 heteroatoms. The molecular formula is C19H23FN2O3S. The molecule has 0 atom stereocenters. The first-order valence-corrected chi connectivity index (χ1v) is 10.1. The summed E-state index contributed by atoms with van der Waals surface area (Å²) in [5, 5.41) is 2.65. The monoisotopic (exact) mass is 378 g/mol. The number of amides is 1. The molecule has 5 nitrogen and oxygen atoms in total. The van der Waals surface area contributed by atoms with Gasteiger partial charge in [-0.2, -0.15) is 4.31 Å². The van der Waals surface area contributed by atoms with Gasteiger partial charge in [0, 0.05) is 19.6 Å². The molecule has 140 valence electrons. The zero-order chi connectivity index (χ0) is 19.2. The van der Waals surface area contributed by atoms with Crippen LogP contribution in [-0.2, 0) is 27.8 Å². The van der Waals surface area contributed by atoms with Gasteiger partial charge in [-0.3, -0.25) is 4.79 Å². The normalized spacial score (nSPS) is 11.5. The van der Waals surface area contributed by atoms with Gasteiger partial charge in [-0.25, -0.2) is 12.8 Å². The Bertz CT molecular complexity index is 869. The maximum atomic E-state index is 13.6. The van der Waals surface area contributed by atoms with Crippen LogP contribution in [0.2, 0.25) is 0 Å². The van der Waals surface area contributed by atoms with Crippen molar-refractivity contribution in [1.82, 2.24) is 9.62 Å². The van der Waals surface area contributed by atoms with Crippen molar-refractivity contribution in [3.05, 3.63) is 71.0 Å². The van der Waals surface area contributed by atoms with E-state index in [0.29, 0.717) is 5.56 Å². The van der Waals surface area contributed by atoms with Gasteiger partial charge in [0.2, 0.25) is 15.9 Å². The Morgan fingerprint density at radius 2 is 1.88 bits per heavy atom. The third-order valence-corrected chi connectivity index (χ3v) is 5.15. The largest absolute Gasteiger partial charge is 0.354 e. The standard InChI is InChI=1S/C19H23FN2O3S/c1-15-6-5-7-16(12-15)14-22(26(2,24)25)11-10-21-19(23)13-17-8-3-4-9-18(17)20/h3-9,12H,10-11,13-14H2,1-2H3,(H,21,23). The summed E-state index contributed by atoms with van der Waals surface area (Å²) in [6.07, 6.45) is 1.06. The van der Waals surface area contributed by atoms with Gasteiger partial charge in [-0.1, -0.05) is 48.0 Å². The molecule has 0 bridgehead atoms. The average molecular weight is 378 g/mol. The Morgan fingerprint density at radius 1 is 1.15 bits per heavy atom. The number of sulfonamides is 1. The number of hydrogen-bond donors (Lipinski definition) is 1. The van der Waals surface area contributed by atoms with Crippen molar-refractivity contribution in [2.75, 3.05) is 19.3 Å². The van der Waals surface area contributed by atoms with Gasteiger partial charge >= 0.3 is 0 Å². The number of benzene rings is 2. The molecule has 2 aromatic rings. The quantitative estimate of drug-likeness (QED) is 0.766. The molecule has 0 fully saturated rings. The third kappa shape index (κ3) is 6.24. The summed E-state index contributed by atoms with van der Waals surface area (Å²) < 4.78 is 38.9. The molecule has 0 spiro atoms. The van der Waals surface area contributed by atoms with Gasteiger partial charge in [-0.15, -0.1) is 0 Å². The highest BCUT2D eigenvalue weighted by Gasteiger charge is 2.17. The summed E-state index contributed by atoms with van der Waals surface area (Å²) in [6, 6.07) is 13.7. The van der Waals surface area contributed by atoms with E-state index in [-0.39, 0.29) is 32.0 Å². The van der Waals surface area contributed by atoms with Crippen LogP contribution in [-0.4, -0.2) is 38.0 Å². The van der Waals surface area contributed by atoms with E-state index in [4.69, 9.17) is 0 Å². The predicted molar refractivity (Wildman–Crippen MR) is 99.5 cm³/mol. The lowest BCUT2D eigenvalue weighted by Crippen LogP contribution is -2.38. The lowest BCUT2D eigenvalue weighted by atomic mass is 10.1. The summed E-state index contributed by atoms with van der Waals surface area (Å²) in [5.41, 5.74) is 2.24. The van der Waals surface area contributed by atoms with Crippen molar-refractivity contribution in [3.8, 4) is 0 Å². The summed E-state index contributed by atoms with van der Waals surface area (Å²) in [6.45, 7) is 2.49. The van der Waals surface area contributed by atoms with E-state index in [0.717, 1.165) is 17.4 Å². The molecule has 0 heterocycles. The minimum Gasteiger partial charge on any atom is -0.354 e. The number of nitrogens with zero attached hydrogens (tertiary/aromatic N) is 1. The smallest absolute Gasteiger partial charge is 0.224 e. The lowest BCUT2D eigenvalue weighted by molar-refractivity contribution is -0.120. The number of nitrogens with one attached hydrogen (secondary N) is 1. The molecule has 0 aromatic heterocycles. The molecule has 1 amide bonds. The molecule has 0 saturated carbocycles. The Kier molecular flexibility index (Phi) is 6.88. The summed E-state index contributed by atoms with van der Waals surface area (Å²) in [4.78, 5) is 12.0. The van der Waals surface area contributed by atoms with Crippen LogP contribution in [0.4, 0.5) is 4.39 Å². The number of rotatable bonds is 8. The average Bonchev–Trinajstić information content (AvgIpc) is 2.55. The highest BCUT2D eigenvalue weighted by molar-refractivity contribution is 7.88. The lowest BCUT2D eigenvalue weighted by Gasteiger charge is -2.20. The first kappa shape index (κ1) is 20.1. The van der Waals surface area contributed by atoms with E-state index in [1.807, 2.05) is 31.2 Å². The molecule has 0 unspecified atom stereocenters. The molecule has 0 aliphatic heterocycles. The van der Waals surface area contributed by atoms with Gasteiger partial charge < -0.3 is 5.32 Å². The van der Waals surface area contributed by atoms with E-state index < -0.39 is 15.8 Å². The Morgan fingerprint density at radius 3 is 2.54 bits per heavy atom. The first-order valence-electron chi connectivity index (χ1n) is 8.26. The second kappa shape index (κ2) is 8.91. The fourth-order valence-electron chi connectivity index (χ4n) is 2.57. The van der Waals surface area contributed by atoms with Crippen LogP contribution >= 0.6 is 0 Å². The fraction of sp³-hybridized carbons (Fsp3) is 0.316. The van der Waals surface area contributed by atoms with E-state index >= 15 is 0 Å². The predicted octanol–water partition coefficient (Wildman–Crippen LogP) is 2.25. The van der Waals surface area contributed by atoms with Crippen molar-refractivity contribution >= 4 is 15.9 Å². The number of halogens is 1. The summed E-state index contributed by atoms with van der Waals surface area (Å²) in [7, 11) is -3.42. The highest BCUT2D eigenvalue weighted by Crippen LogP contribution is 2.10. The van der Waals surface area contributed by atoms with Crippen LogP contribution in [0, 0.1) is 12.7 Å². The molecule has 0 aliphatic rings. The molecule has 1 N–H and O–H groups in total. The summed E-state index contributed by atoms with van der Waals surface area (Å²) in [5.74, 6) is -0.779. The van der Waals surface area contributed by atoms with Crippen LogP contribution in [0.15, 0.2) is 48.5 Å². The van der Waals surface area contributed by atoms with Gasteiger partial charge in [0.15, 0.2) is 0 Å². The van der Waals surface area contributed by atoms with Crippen molar-refractivity contribution in [2.45, 2.75) is 19.9 Å². The van der Waals surface area contributed by atoms with Crippen molar-refractivity contribution < 1.29 is 17.6 Å². The number of carbonyl (C=O) groups is 1. The molecule has 0 radical (unpaired) electrons. The van der Waals surface area contributed by atoms with Crippen LogP contribution in [0.5, 0.6) is 0 Å². The number of carbonyl (C=O) groups excluding carboxylic acids is 1. The minimum absolute atomic E-state index is 0.0799. The molecule has 0 saturated heterocycles. The van der Waals surface area contributed by atoms with Crippen LogP contribution in [0.1, 0.15) is 16.7 Å². The zero-order valence-corrected chi connectivity index (χ0v) is 15.7. The van der Waals surface area contributed by atoms with E-state index in [1.54, 1.807) is 18.2 Å². The molecular weight excluding hydrogens is 355 g/mol. The Hall–Kier alpha value is -2.25. The fourth-order valence-corrected chi connectivity index (χ4v) is 3.38. The first-order chi connectivity index (χ1) is 12.3. The molecule has 2 aromatic carbocycles. The van der Waals surface area contributed by atoms with Gasteiger partial charge in [-0.05, 0) is 24.1 Å². The van der Waals surface area contributed by atoms with Crippen molar-refractivity contribution in [1.29, 1.82) is 0 Å². The second-order valence-electron chi connectivity index (χ2n) is 6.20. The van der Waals surface area contributed by atoms with Gasteiger partial charge in [0.25, 0.3) is 0 Å². The number of hydrogen-bond acceptors (Lipinski definition) is 3.